The number of methoxy groups -OCH3 is 1. The van der Waals surface area contributed by atoms with Crippen molar-refractivity contribution in [1.29, 1.82) is 0 Å². The minimum absolute atomic E-state index is 0.226. The molecule has 0 spiro atoms. The largest absolute Gasteiger partial charge is 0.467 e. The number of esters is 1. The van der Waals surface area contributed by atoms with Crippen molar-refractivity contribution in [3.05, 3.63) is 35.9 Å². The zero-order chi connectivity index (χ0) is 15.1. The number of carbonyl (C=O) groups is 2. The van der Waals surface area contributed by atoms with Crippen LogP contribution in [0.1, 0.15) is 24.8 Å². The van der Waals surface area contributed by atoms with Crippen LogP contribution in [0.25, 0.3) is 0 Å². The lowest BCUT2D eigenvalue weighted by atomic mass is 10.0. The molecule has 1 N–H and O–H groups in total. The van der Waals surface area contributed by atoms with Crippen LogP contribution in [-0.2, 0) is 25.5 Å². The van der Waals surface area contributed by atoms with Crippen molar-refractivity contribution in [2.45, 2.75) is 37.8 Å². The summed E-state index contributed by atoms with van der Waals surface area (Å²) in [6.07, 6.45) is 2.36. The van der Waals surface area contributed by atoms with Crippen molar-refractivity contribution >= 4 is 11.9 Å². The minimum atomic E-state index is -0.632. The van der Waals surface area contributed by atoms with E-state index in [0.717, 1.165) is 12.0 Å². The molecule has 1 aromatic rings. The fraction of sp³-hybridized carbons (Fsp3) is 0.500. The van der Waals surface area contributed by atoms with E-state index >= 15 is 0 Å². The van der Waals surface area contributed by atoms with Gasteiger partial charge in [-0.25, -0.2) is 4.79 Å². The second-order valence-corrected chi connectivity index (χ2v) is 5.11. The highest BCUT2D eigenvalue weighted by Gasteiger charge is 2.28. The second-order valence-electron chi connectivity index (χ2n) is 5.11. The Bertz CT molecular complexity index is 468. The zero-order valence-corrected chi connectivity index (χ0v) is 12.2. The van der Waals surface area contributed by atoms with E-state index in [0.29, 0.717) is 25.9 Å². The number of hydrogen-bond donors (Lipinski definition) is 1. The molecule has 5 heteroatoms. The Balaban J connectivity index is 1.91. The van der Waals surface area contributed by atoms with Crippen molar-refractivity contribution in [2.24, 2.45) is 0 Å². The number of ether oxygens (including phenoxy) is 2. The van der Waals surface area contributed by atoms with Crippen molar-refractivity contribution in [1.82, 2.24) is 5.32 Å². The highest BCUT2D eigenvalue weighted by Crippen LogP contribution is 2.13. The van der Waals surface area contributed by atoms with Crippen LogP contribution in [0.2, 0.25) is 0 Å². The molecule has 2 atom stereocenters. The summed E-state index contributed by atoms with van der Waals surface area (Å²) in [5.41, 5.74) is 1.12. The van der Waals surface area contributed by atoms with Crippen LogP contribution in [0.5, 0.6) is 0 Å². The molecule has 1 aromatic carbocycles. The van der Waals surface area contributed by atoms with Crippen molar-refractivity contribution < 1.29 is 19.1 Å². The third-order valence-corrected chi connectivity index (χ3v) is 3.59. The highest BCUT2D eigenvalue weighted by atomic mass is 16.5. The summed E-state index contributed by atoms with van der Waals surface area (Å²) in [6.45, 7) is 0.602. The van der Waals surface area contributed by atoms with Gasteiger partial charge in [0.15, 0.2) is 0 Å². The molecule has 1 amide bonds. The van der Waals surface area contributed by atoms with Gasteiger partial charge in [-0.2, -0.15) is 0 Å². The Labute approximate surface area is 124 Å². The van der Waals surface area contributed by atoms with Gasteiger partial charge in [0.25, 0.3) is 0 Å². The van der Waals surface area contributed by atoms with Gasteiger partial charge in [-0.3, -0.25) is 4.79 Å². The Morgan fingerprint density at radius 2 is 2.14 bits per heavy atom. The number of carbonyl (C=O) groups excluding carboxylic acids is 2. The Kier molecular flexibility index (Phi) is 5.75. The summed E-state index contributed by atoms with van der Waals surface area (Å²) >= 11 is 0. The van der Waals surface area contributed by atoms with E-state index in [1.807, 2.05) is 30.3 Å². The fourth-order valence-corrected chi connectivity index (χ4v) is 2.40. The normalized spacial score (nSPS) is 19.0. The van der Waals surface area contributed by atoms with Crippen LogP contribution in [-0.4, -0.2) is 37.7 Å². The lowest BCUT2D eigenvalue weighted by molar-refractivity contribution is -0.146. The third kappa shape index (κ3) is 4.56. The molecule has 1 heterocycles. The number of rotatable bonds is 6. The van der Waals surface area contributed by atoms with E-state index in [1.54, 1.807) is 0 Å². The molecule has 0 aromatic heterocycles. The minimum Gasteiger partial charge on any atom is -0.467 e. The summed E-state index contributed by atoms with van der Waals surface area (Å²) in [4.78, 5) is 23.8. The predicted molar refractivity (Wildman–Crippen MR) is 77.7 cm³/mol. The molecule has 0 saturated carbocycles. The van der Waals surface area contributed by atoms with Crippen molar-refractivity contribution in [3.8, 4) is 0 Å². The number of benzene rings is 1. The van der Waals surface area contributed by atoms with Crippen LogP contribution >= 0.6 is 0 Å². The van der Waals surface area contributed by atoms with E-state index in [9.17, 15) is 9.59 Å². The summed E-state index contributed by atoms with van der Waals surface area (Å²) in [7, 11) is 1.33. The standard InChI is InChI=1S/C16H21NO4/c1-20-16(19)13(10-9-12-6-3-2-4-7-12)17-15(18)14-8-5-11-21-14/h2-4,6-7,13-14H,5,8-11H2,1H3,(H,17,18)/t13-,14-/m1/s1. The van der Waals surface area contributed by atoms with Gasteiger partial charge in [0, 0.05) is 6.61 Å². The average Bonchev–Trinajstić information content (AvgIpc) is 3.06. The first-order valence-electron chi connectivity index (χ1n) is 7.24. The van der Waals surface area contributed by atoms with E-state index in [4.69, 9.17) is 9.47 Å². The first kappa shape index (κ1) is 15.5. The van der Waals surface area contributed by atoms with Gasteiger partial charge in [0.05, 0.1) is 7.11 Å². The van der Waals surface area contributed by atoms with Gasteiger partial charge in [0.1, 0.15) is 12.1 Å². The lowest BCUT2D eigenvalue weighted by Crippen LogP contribution is -2.46. The SMILES string of the molecule is COC(=O)[C@@H](CCc1ccccc1)NC(=O)[C@H]1CCCO1. The van der Waals surface area contributed by atoms with Crippen molar-refractivity contribution in [2.75, 3.05) is 13.7 Å². The molecule has 114 valence electrons. The molecule has 5 nitrogen and oxygen atoms in total. The molecular weight excluding hydrogens is 270 g/mol. The maximum atomic E-state index is 12.0. The molecular formula is C16H21NO4. The van der Waals surface area contributed by atoms with E-state index in [-0.39, 0.29) is 5.91 Å². The van der Waals surface area contributed by atoms with Crippen molar-refractivity contribution in [3.63, 3.8) is 0 Å². The smallest absolute Gasteiger partial charge is 0.328 e. The Morgan fingerprint density at radius 1 is 1.38 bits per heavy atom. The molecule has 2 rings (SSSR count). The summed E-state index contributed by atoms with van der Waals surface area (Å²) < 4.78 is 10.1. The maximum absolute atomic E-state index is 12.0. The molecule has 1 saturated heterocycles. The monoisotopic (exact) mass is 291 g/mol. The molecule has 0 bridgehead atoms. The number of nitrogens with one attached hydrogen (secondary N) is 1. The Morgan fingerprint density at radius 3 is 2.76 bits per heavy atom. The fourth-order valence-electron chi connectivity index (χ4n) is 2.40. The van der Waals surface area contributed by atoms with Crippen LogP contribution in [0.15, 0.2) is 30.3 Å². The summed E-state index contributed by atoms with van der Waals surface area (Å²) in [5.74, 6) is -0.645. The number of amides is 1. The Hall–Kier alpha value is -1.88. The van der Waals surface area contributed by atoms with Gasteiger partial charge in [-0.15, -0.1) is 0 Å². The molecule has 0 aliphatic carbocycles. The van der Waals surface area contributed by atoms with Gasteiger partial charge < -0.3 is 14.8 Å². The van der Waals surface area contributed by atoms with Crippen LogP contribution < -0.4 is 5.32 Å². The van der Waals surface area contributed by atoms with Crippen LogP contribution in [0, 0.1) is 0 Å². The number of aryl methyl sites for hydroxylation is 1. The third-order valence-electron chi connectivity index (χ3n) is 3.59. The lowest BCUT2D eigenvalue weighted by Gasteiger charge is -2.18. The summed E-state index contributed by atoms with van der Waals surface area (Å²) in [6, 6.07) is 9.21. The molecule has 0 radical (unpaired) electrons. The zero-order valence-electron chi connectivity index (χ0n) is 12.2. The molecule has 1 aliphatic heterocycles. The molecule has 0 unspecified atom stereocenters. The van der Waals surface area contributed by atoms with E-state index in [2.05, 4.69) is 5.32 Å². The van der Waals surface area contributed by atoms with Gasteiger partial charge in [-0.05, 0) is 31.2 Å². The van der Waals surface area contributed by atoms with E-state index < -0.39 is 18.1 Å². The quantitative estimate of drug-likeness (QED) is 0.806. The second kappa shape index (κ2) is 7.78. The topological polar surface area (TPSA) is 64.6 Å². The predicted octanol–water partition coefficient (Wildman–Crippen LogP) is 1.46. The first-order valence-corrected chi connectivity index (χ1v) is 7.24. The highest BCUT2D eigenvalue weighted by molar-refractivity contribution is 5.87. The first-order chi connectivity index (χ1) is 10.2. The summed E-state index contributed by atoms with van der Waals surface area (Å²) in [5, 5.41) is 2.74. The molecule has 1 aliphatic rings. The molecule has 21 heavy (non-hydrogen) atoms. The van der Waals surface area contributed by atoms with Gasteiger partial charge in [-0.1, -0.05) is 30.3 Å². The molecule has 1 fully saturated rings. The maximum Gasteiger partial charge on any atom is 0.328 e. The van der Waals surface area contributed by atoms with E-state index in [1.165, 1.54) is 7.11 Å². The van der Waals surface area contributed by atoms with Crippen LogP contribution in [0.4, 0.5) is 0 Å². The average molecular weight is 291 g/mol. The van der Waals surface area contributed by atoms with Gasteiger partial charge in [0.2, 0.25) is 5.91 Å². The number of hydrogen-bond acceptors (Lipinski definition) is 4. The van der Waals surface area contributed by atoms with Crippen LogP contribution in [0.3, 0.4) is 0 Å². The van der Waals surface area contributed by atoms with Gasteiger partial charge >= 0.3 is 5.97 Å².